The summed E-state index contributed by atoms with van der Waals surface area (Å²) in [5, 5.41) is 0. The minimum Gasteiger partial charge on any atom is -0.496 e. The Kier molecular flexibility index (Phi) is 5.31. The van der Waals surface area contributed by atoms with E-state index in [0.29, 0.717) is 12.6 Å². The lowest BCUT2D eigenvalue weighted by Crippen LogP contribution is -2.22. The lowest BCUT2D eigenvalue weighted by atomic mass is 10.1. The van der Waals surface area contributed by atoms with Crippen molar-refractivity contribution in [2.75, 3.05) is 14.2 Å². The predicted molar refractivity (Wildman–Crippen MR) is 123 cm³/mol. The molecule has 0 saturated heterocycles. The number of hydrogen-bond acceptors (Lipinski definition) is 4. The van der Waals surface area contributed by atoms with Crippen LogP contribution in [0.2, 0.25) is 0 Å². The second kappa shape index (κ2) is 8.40. The van der Waals surface area contributed by atoms with E-state index >= 15 is 0 Å². The van der Waals surface area contributed by atoms with E-state index in [4.69, 9.17) is 14.1 Å². The molecule has 1 aromatic heterocycles. The van der Waals surface area contributed by atoms with Crippen LogP contribution in [0, 0.1) is 0 Å². The Morgan fingerprint density at radius 1 is 0.935 bits per heavy atom. The summed E-state index contributed by atoms with van der Waals surface area (Å²) in [6, 6.07) is 27.1. The lowest BCUT2D eigenvalue weighted by Gasteiger charge is -2.24. The number of oxazole rings is 1. The molecular weight excluding hydrogens is 384 g/mol. The zero-order valence-electron chi connectivity index (χ0n) is 17.9. The number of nitrogens with zero attached hydrogens (tertiary/aromatic N) is 2. The molecule has 1 aliphatic rings. The highest BCUT2D eigenvalue weighted by molar-refractivity contribution is 5.76. The van der Waals surface area contributed by atoms with Crippen LogP contribution < -0.4 is 4.74 Å². The van der Waals surface area contributed by atoms with Crippen molar-refractivity contribution in [3.8, 4) is 28.3 Å². The Bertz CT molecular complexity index is 1110. The van der Waals surface area contributed by atoms with Crippen LogP contribution in [0.25, 0.3) is 22.6 Å². The van der Waals surface area contributed by atoms with Gasteiger partial charge in [0, 0.05) is 17.2 Å². The molecule has 3 aromatic carbocycles. The molecule has 0 radical (unpaired) electrons. The molecule has 1 heterocycles. The summed E-state index contributed by atoms with van der Waals surface area (Å²) in [5.74, 6) is 2.54. The van der Waals surface area contributed by atoms with Gasteiger partial charge in [0.15, 0.2) is 5.76 Å². The number of ether oxygens (including phenoxy) is 1. The minimum absolute atomic E-state index is 0.331. The van der Waals surface area contributed by atoms with E-state index in [-0.39, 0.29) is 0 Å². The summed E-state index contributed by atoms with van der Waals surface area (Å²) < 4.78 is 11.9. The van der Waals surface area contributed by atoms with Gasteiger partial charge in [-0.05, 0) is 37.1 Å². The molecule has 1 atom stereocenters. The zero-order valence-corrected chi connectivity index (χ0v) is 17.9. The van der Waals surface area contributed by atoms with Gasteiger partial charge in [0.2, 0.25) is 5.89 Å². The molecule has 1 aliphatic carbocycles. The minimum atomic E-state index is 0.331. The maximum atomic E-state index is 6.34. The monoisotopic (exact) mass is 410 g/mol. The fraction of sp³-hybridized carbons (Fsp3) is 0.222. The molecule has 156 valence electrons. The quantitative estimate of drug-likeness (QED) is 0.383. The third-order valence-electron chi connectivity index (χ3n) is 6.09. The maximum Gasteiger partial charge on any atom is 0.209 e. The second-order valence-corrected chi connectivity index (χ2v) is 8.02. The number of methoxy groups -OCH3 is 1. The summed E-state index contributed by atoms with van der Waals surface area (Å²) in [7, 11) is 3.89. The van der Waals surface area contributed by atoms with Gasteiger partial charge < -0.3 is 9.15 Å². The number of hydrogen-bond donors (Lipinski definition) is 0. The van der Waals surface area contributed by atoms with Crippen LogP contribution in [0.3, 0.4) is 0 Å². The van der Waals surface area contributed by atoms with Crippen molar-refractivity contribution >= 4 is 0 Å². The summed E-state index contributed by atoms with van der Waals surface area (Å²) in [6.07, 6.45) is 2.11. The largest absolute Gasteiger partial charge is 0.496 e. The van der Waals surface area contributed by atoms with Gasteiger partial charge in [0.05, 0.1) is 13.7 Å². The molecule has 1 unspecified atom stereocenters. The number of rotatable bonds is 6. The van der Waals surface area contributed by atoms with Crippen LogP contribution in [0.1, 0.15) is 29.5 Å². The normalized spacial score (nSPS) is 15.3. The number of aromatic nitrogens is 1. The van der Waals surface area contributed by atoms with E-state index in [9.17, 15) is 0 Å². The van der Waals surface area contributed by atoms with Crippen molar-refractivity contribution in [1.82, 2.24) is 9.88 Å². The van der Waals surface area contributed by atoms with E-state index in [1.54, 1.807) is 7.11 Å². The van der Waals surface area contributed by atoms with Gasteiger partial charge in [-0.3, -0.25) is 4.90 Å². The van der Waals surface area contributed by atoms with E-state index in [0.717, 1.165) is 47.1 Å². The van der Waals surface area contributed by atoms with Crippen molar-refractivity contribution < 1.29 is 9.15 Å². The summed E-state index contributed by atoms with van der Waals surface area (Å²) in [5.41, 5.74) is 5.67. The predicted octanol–water partition coefficient (Wildman–Crippen LogP) is 6.14. The van der Waals surface area contributed by atoms with Crippen LogP contribution >= 0.6 is 0 Å². The fourth-order valence-corrected chi connectivity index (χ4v) is 4.58. The molecule has 31 heavy (non-hydrogen) atoms. The van der Waals surface area contributed by atoms with E-state index in [2.05, 4.69) is 48.3 Å². The van der Waals surface area contributed by atoms with Gasteiger partial charge in [-0.25, -0.2) is 4.98 Å². The lowest BCUT2D eigenvalue weighted by molar-refractivity contribution is 0.214. The van der Waals surface area contributed by atoms with Crippen molar-refractivity contribution in [3.63, 3.8) is 0 Å². The van der Waals surface area contributed by atoms with Gasteiger partial charge in [-0.15, -0.1) is 0 Å². The molecule has 0 spiro atoms. The fourth-order valence-electron chi connectivity index (χ4n) is 4.58. The smallest absolute Gasteiger partial charge is 0.209 e. The first-order valence-electron chi connectivity index (χ1n) is 10.7. The van der Waals surface area contributed by atoms with Crippen LogP contribution in [-0.2, 0) is 13.0 Å². The molecule has 0 fully saturated rings. The molecule has 4 heteroatoms. The van der Waals surface area contributed by atoms with Crippen LogP contribution in [0.4, 0.5) is 0 Å². The molecule has 0 N–H and O–H groups in total. The highest BCUT2D eigenvalue weighted by atomic mass is 16.5. The van der Waals surface area contributed by atoms with Crippen molar-refractivity contribution in [3.05, 3.63) is 95.9 Å². The topological polar surface area (TPSA) is 38.5 Å². The third kappa shape index (κ3) is 3.75. The first-order chi connectivity index (χ1) is 15.2. The summed E-state index contributed by atoms with van der Waals surface area (Å²) in [4.78, 5) is 7.26. The molecular formula is C27H26N2O2. The summed E-state index contributed by atoms with van der Waals surface area (Å²) in [6.45, 7) is 0.647. The van der Waals surface area contributed by atoms with E-state index in [1.165, 1.54) is 11.1 Å². The average molecular weight is 411 g/mol. The highest BCUT2D eigenvalue weighted by Gasteiger charge is 2.29. The average Bonchev–Trinajstić information content (AvgIpc) is 3.44. The molecule has 0 bridgehead atoms. The van der Waals surface area contributed by atoms with Crippen LogP contribution in [0.15, 0.2) is 83.3 Å². The Morgan fingerprint density at radius 2 is 1.65 bits per heavy atom. The van der Waals surface area contributed by atoms with E-state index < -0.39 is 0 Å². The van der Waals surface area contributed by atoms with Gasteiger partial charge >= 0.3 is 0 Å². The van der Waals surface area contributed by atoms with Crippen molar-refractivity contribution in [2.45, 2.75) is 25.4 Å². The van der Waals surface area contributed by atoms with Gasteiger partial charge in [-0.1, -0.05) is 72.8 Å². The maximum absolute atomic E-state index is 6.34. The third-order valence-corrected chi connectivity index (χ3v) is 6.09. The molecule has 0 amide bonds. The molecule has 4 aromatic rings. The van der Waals surface area contributed by atoms with Crippen molar-refractivity contribution in [1.29, 1.82) is 0 Å². The Hall–Kier alpha value is -3.37. The SMILES string of the molecule is COc1cccc2c1CCC2N(C)Cc1nc(-c2ccccc2)c(-c2ccccc2)o1. The second-order valence-electron chi connectivity index (χ2n) is 8.02. The molecule has 5 rings (SSSR count). The molecule has 0 aliphatic heterocycles. The van der Waals surface area contributed by atoms with Gasteiger partial charge in [-0.2, -0.15) is 0 Å². The van der Waals surface area contributed by atoms with E-state index in [1.807, 2.05) is 42.5 Å². The highest BCUT2D eigenvalue weighted by Crippen LogP contribution is 2.40. The summed E-state index contributed by atoms with van der Waals surface area (Å²) >= 11 is 0. The first-order valence-corrected chi connectivity index (χ1v) is 10.7. The van der Waals surface area contributed by atoms with Gasteiger partial charge in [0.25, 0.3) is 0 Å². The van der Waals surface area contributed by atoms with Crippen LogP contribution in [0.5, 0.6) is 5.75 Å². The van der Waals surface area contributed by atoms with Gasteiger partial charge in [0.1, 0.15) is 11.4 Å². The van der Waals surface area contributed by atoms with Crippen molar-refractivity contribution in [2.24, 2.45) is 0 Å². The Morgan fingerprint density at radius 3 is 2.35 bits per heavy atom. The Balaban J connectivity index is 1.46. The Labute approximate surface area is 183 Å². The van der Waals surface area contributed by atoms with Crippen LogP contribution in [-0.4, -0.2) is 24.0 Å². The number of fused-ring (bicyclic) bond motifs is 1. The first kappa shape index (κ1) is 19.6. The zero-order chi connectivity index (χ0) is 21.2. The standard InChI is InChI=1S/C27H26N2O2/c1-29(23-17-16-22-21(23)14-9-15-24(22)30-2)18-25-28-26(19-10-5-3-6-11-19)27(31-25)20-12-7-4-8-13-20/h3-15,23H,16-18H2,1-2H3. The number of benzene rings is 3. The molecule has 4 nitrogen and oxygen atoms in total. The molecule has 0 saturated carbocycles.